The average molecular weight is 277 g/mol. The van der Waals surface area contributed by atoms with Crippen molar-refractivity contribution in [3.63, 3.8) is 0 Å². The van der Waals surface area contributed by atoms with Crippen LogP contribution in [-0.4, -0.2) is 32.8 Å². The van der Waals surface area contributed by atoms with Gasteiger partial charge in [0, 0.05) is 18.4 Å². The molecular formula is C14H19N3O3. The van der Waals surface area contributed by atoms with Gasteiger partial charge < -0.3 is 10.4 Å². The van der Waals surface area contributed by atoms with E-state index in [0.29, 0.717) is 19.4 Å². The molecule has 1 amide bonds. The van der Waals surface area contributed by atoms with Crippen LogP contribution in [0.5, 0.6) is 0 Å². The molecule has 0 spiro atoms. The van der Waals surface area contributed by atoms with Crippen LogP contribution in [0.25, 0.3) is 0 Å². The number of aromatic nitrogens is 2. The number of hydrogen-bond donors (Lipinski definition) is 2. The molecule has 1 aliphatic rings. The van der Waals surface area contributed by atoms with Crippen LogP contribution in [0.2, 0.25) is 0 Å². The first-order chi connectivity index (χ1) is 9.58. The highest BCUT2D eigenvalue weighted by atomic mass is 16.4. The van der Waals surface area contributed by atoms with Crippen LogP contribution >= 0.6 is 0 Å². The Labute approximate surface area is 117 Å². The topological polar surface area (TPSA) is 84.2 Å². The third-order valence-electron chi connectivity index (χ3n) is 3.50. The lowest BCUT2D eigenvalue weighted by atomic mass is 9.82. The lowest BCUT2D eigenvalue weighted by Gasteiger charge is -2.26. The van der Waals surface area contributed by atoms with Crippen molar-refractivity contribution in [1.29, 1.82) is 0 Å². The predicted octanol–water partition coefficient (Wildman–Crippen LogP) is 1.05. The monoisotopic (exact) mass is 277 g/mol. The number of amides is 1. The zero-order valence-corrected chi connectivity index (χ0v) is 11.4. The van der Waals surface area contributed by atoms with Gasteiger partial charge in [-0.25, -0.2) is 0 Å². The van der Waals surface area contributed by atoms with Crippen LogP contribution in [0, 0.1) is 11.8 Å². The average Bonchev–Trinajstić information content (AvgIpc) is 2.91. The van der Waals surface area contributed by atoms with Gasteiger partial charge in [0.2, 0.25) is 5.91 Å². The van der Waals surface area contributed by atoms with Crippen LogP contribution in [0.3, 0.4) is 0 Å². The van der Waals surface area contributed by atoms with Gasteiger partial charge in [-0.3, -0.25) is 14.3 Å². The summed E-state index contributed by atoms with van der Waals surface area (Å²) >= 11 is 0. The first-order valence-electron chi connectivity index (χ1n) is 6.73. The second-order valence-corrected chi connectivity index (χ2v) is 5.13. The van der Waals surface area contributed by atoms with Crippen LogP contribution in [0.15, 0.2) is 30.6 Å². The minimum absolute atomic E-state index is 0.0947. The van der Waals surface area contributed by atoms with E-state index in [0.717, 1.165) is 0 Å². The van der Waals surface area contributed by atoms with E-state index in [1.54, 1.807) is 10.9 Å². The van der Waals surface area contributed by atoms with Crippen molar-refractivity contribution in [3.05, 3.63) is 30.6 Å². The number of hydrogen-bond acceptors (Lipinski definition) is 3. The van der Waals surface area contributed by atoms with E-state index in [-0.39, 0.29) is 11.9 Å². The number of carbonyl (C=O) groups excluding carboxylic acids is 1. The zero-order valence-electron chi connectivity index (χ0n) is 11.4. The summed E-state index contributed by atoms with van der Waals surface area (Å²) < 4.78 is 1.74. The first-order valence-corrected chi connectivity index (χ1v) is 6.73. The van der Waals surface area contributed by atoms with E-state index in [1.165, 1.54) is 0 Å². The summed E-state index contributed by atoms with van der Waals surface area (Å²) in [5.41, 5.74) is 0. The van der Waals surface area contributed by atoms with Gasteiger partial charge in [-0.15, -0.1) is 0 Å². The second-order valence-electron chi connectivity index (χ2n) is 5.13. The van der Waals surface area contributed by atoms with Crippen LogP contribution < -0.4 is 5.32 Å². The molecule has 0 saturated heterocycles. The molecule has 1 aromatic heterocycles. The van der Waals surface area contributed by atoms with Crippen LogP contribution in [0.1, 0.15) is 19.8 Å². The largest absolute Gasteiger partial charge is 0.481 e. The fourth-order valence-corrected chi connectivity index (χ4v) is 2.46. The molecular weight excluding hydrogens is 258 g/mol. The van der Waals surface area contributed by atoms with Gasteiger partial charge in [0.15, 0.2) is 0 Å². The highest BCUT2D eigenvalue weighted by Gasteiger charge is 2.34. The number of nitrogens with zero attached hydrogens (tertiary/aromatic N) is 2. The number of rotatable bonds is 5. The normalized spacial score (nSPS) is 23.2. The van der Waals surface area contributed by atoms with Crippen molar-refractivity contribution >= 4 is 11.9 Å². The Kier molecular flexibility index (Phi) is 4.55. The van der Waals surface area contributed by atoms with Gasteiger partial charge >= 0.3 is 5.97 Å². The molecule has 20 heavy (non-hydrogen) atoms. The smallest absolute Gasteiger partial charge is 0.307 e. The molecule has 0 fully saturated rings. The van der Waals surface area contributed by atoms with E-state index in [2.05, 4.69) is 10.4 Å². The van der Waals surface area contributed by atoms with Crippen molar-refractivity contribution < 1.29 is 14.7 Å². The standard InChI is InChI=1S/C14H19N3O3/c1-10(9-17-8-4-7-15-17)16-13(18)11-5-2-3-6-12(11)14(19)20/h2-4,7-8,10-12H,5-6,9H2,1H3,(H,16,18)(H,19,20). The maximum Gasteiger partial charge on any atom is 0.307 e. The highest BCUT2D eigenvalue weighted by Crippen LogP contribution is 2.26. The number of carbonyl (C=O) groups is 2. The molecule has 3 unspecified atom stereocenters. The molecule has 0 bridgehead atoms. The van der Waals surface area contributed by atoms with Gasteiger partial charge in [0.25, 0.3) is 0 Å². The predicted molar refractivity (Wildman–Crippen MR) is 72.8 cm³/mol. The summed E-state index contributed by atoms with van der Waals surface area (Å²) in [5, 5.41) is 16.1. The van der Waals surface area contributed by atoms with Crippen LogP contribution in [-0.2, 0) is 16.1 Å². The van der Waals surface area contributed by atoms with Gasteiger partial charge in [-0.05, 0) is 25.8 Å². The lowest BCUT2D eigenvalue weighted by Crippen LogP contribution is -2.43. The molecule has 6 nitrogen and oxygen atoms in total. The zero-order chi connectivity index (χ0) is 14.5. The van der Waals surface area contributed by atoms with E-state index in [1.807, 2.05) is 31.3 Å². The second kappa shape index (κ2) is 6.36. The van der Waals surface area contributed by atoms with E-state index >= 15 is 0 Å². The molecule has 1 heterocycles. The lowest BCUT2D eigenvalue weighted by molar-refractivity contribution is -0.147. The molecule has 6 heteroatoms. The third-order valence-corrected chi connectivity index (χ3v) is 3.50. The fraction of sp³-hybridized carbons (Fsp3) is 0.500. The maximum atomic E-state index is 12.2. The van der Waals surface area contributed by atoms with E-state index < -0.39 is 17.8 Å². The van der Waals surface area contributed by atoms with Crippen molar-refractivity contribution in [1.82, 2.24) is 15.1 Å². The van der Waals surface area contributed by atoms with Crippen molar-refractivity contribution in [2.75, 3.05) is 0 Å². The maximum absolute atomic E-state index is 12.2. The van der Waals surface area contributed by atoms with Gasteiger partial charge in [-0.2, -0.15) is 5.10 Å². The molecule has 0 aromatic carbocycles. The van der Waals surface area contributed by atoms with Gasteiger partial charge in [0.1, 0.15) is 0 Å². The summed E-state index contributed by atoms with van der Waals surface area (Å²) in [6.07, 6.45) is 8.11. The number of nitrogens with one attached hydrogen (secondary N) is 1. The molecule has 3 atom stereocenters. The Morgan fingerprint density at radius 2 is 2.10 bits per heavy atom. The third kappa shape index (κ3) is 3.46. The Morgan fingerprint density at radius 1 is 1.40 bits per heavy atom. The molecule has 0 saturated carbocycles. The van der Waals surface area contributed by atoms with Gasteiger partial charge in [-0.1, -0.05) is 12.2 Å². The minimum Gasteiger partial charge on any atom is -0.481 e. The molecule has 2 rings (SSSR count). The molecule has 2 N–H and O–H groups in total. The minimum atomic E-state index is -0.908. The molecule has 108 valence electrons. The summed E-state index contributed by atoms with van der Waals surface area (Å²) in [4.78, 5) is 23.4. The first kappa shape index (κ1) is 14.3. The molecule has 0 radical (unpaired) electrons. The number of allylic oxidation sites excluding steroid dienone is 2. The molecule has 1 aromatic rings. The SMILES string of the molecule is CC(Cn1cccn1)NC(=O)C1CC=CCC1C(=O)O. The highest BCUT2D eigenvalue weighted by molar-refractivity contribution is 5.85. The quantitative estimate of drug-likeness (QED) is 0.788. The van der Waals surface area contributed by atoms with E-state index in [4.69, 9.17) is 0 Å². The van der Waals surface area contributed by atoms with Crippen LogP contribution in [0.4, 0.5) is 0 Å². The van der Waals surface area contributed by atoms with Crippen molar-refractivity contribution in [2.24, 2.45) is 11.8 Å². The Hall–Kier alpha value is -2.11. The molecule has 1 aliphatic carbocycles. The van der Waals surface area contributed by atoms with Crippen molar-refractivity contribution in [2.45, 2.75) is 32.4 Å². The van der Waals surface area contributed by atoms with Gasteiger partial charge in [0.05, 0.1) is 18.4 Å². The molecule has 0 aliphatic heterocycles. The van der Waals surface area contributed by atoms with E-state index in [9.17, 15) is 14.7 Å². The Balaban J connectivity index is 1.93. The number of carboxylic acid groups (broad SMARTS) is 1. The summed E-state index contributed by atoms with van der Waals surface area (Å²) in [6, 6.07) is 1.73. The Bertz CT molecular complexity index is 496. The summed E-state index contributed by atoms with van der Waals surface area (Å²) in [7, 11) is 0. The summed E-state index contributed by atoms with van der Waals surface area (Å²) in [6.45, 7) is 2.45. The number of aliphatic carboxylic acids is 1. The Morgan fingerprint density at radius 3 is 2.70 bits per heavy atom. The summed E-state index contributed by atoms with van der Waals surface area (Å²) in [5.74, 6) is -2.22. The fourth-order valence-electron chi connectivity index (χ4n) is 2.46. The number of carboxylic acids is 1. The van der Waals surface area contributed by atoms with Crippen molar-refractivity contribution in [3.8, 4) is 0 Å².